The first kappa shape index (κ1) is 22.4. The van der Waals surface area contributed by atoms with Gasteiger partial charge in [0.05, 0.1) is 13.2 Å². The number of nitrogens with zero attached hydrogens (tertiary/aromatic N) is 1. The average molecular weight is 431 g/mol. The normalized spacial score (nSPS) is 15.0. The second-order valence-corrected chi connectivity index (χ2v) is 8.03. The third kappa shape index (κ3) is 6.38. The number of rotatable bonds is 9. The molecule has 1 aliphatic heterocycles. The molecule has 1 heterocycles. The molecule has 2 aromatic carbocycles. The first-order valence-corrected chi connectivity index (χ1v) is 11.1. The maximum Gasteiger partial charge on any atom is 0.251 e. The van der Waals surface area contributed by atoms with Crippen LogP contribution in [0.2, 0.25) is 5.02 Å². The average Bonchev–Trinajstić information content (AvgIpc) is 2.76. The number of piperidine rings is 1. The molecule has 30 heavy (non-hydrogen) atoms. The lowest BCUT2D eigenvalue weighted by Crippen LogP contribution is -2.44. The van der Waals surface area contributed by atoms with E-state index in [1.165, 1.54) is 5.56 Å². The SMILES string of the molecule is CCCOc1ccc(C(=O)NC2CCN(Cc3ccc(Cl)cc3)CC2)cc1OCC. The van der Waals surface area contributed by atoms with E-state index >= 15 is 0 Å². The summed E-state index contributed by atoms with van der Waals surface area (Å²) in [7, 11) is 0. The number of carbonyl (C=O) groups excluding carboxylic acids is 1. The predicted octanol–water partition coefficient (Wildman–Crippen LogP) is 4.92. The minimum atomic E-state index is -0.0610. The third-order valence-electron chi connectivity index (χ3n) is 5.21. The highest BCUT2D eigenvalue weighted by Crippen LogP contribution is 2.29. The maximum atomic E-state index is 12.8. The summed E-state index contributed by atoms with van der Waals surface area (Å²) in [6.45, 7) is 7.97. The highest BCUT2D eigenvalue weighted by Gasteiger charge is 2.22. The van der Waals surface area contributed by atoms with Crippen molar-refractivity contribution < 1.29 is 14.3 Å². The third-order valence-corrected chi connectivity index (χ3v) is 5.46. The Morgan fingerprint density at radius 1 is 1.07 bits per heavy atom. The fourth-order valence-corrected chi connectivity index (χ4v) is 3.73. The van der Waals surface area contributed by atoms with Gasteiger partial charge in [-0.2, -0.15) is 0 Å². The fourth-order valence-electron chi connectivity index (χ4n) is 3.60. The Morgan fingerprint density at radius 2 is 1.80 bits per heavy atom. The van der Waals surface area contributed by atoms with Crippen LogP contribution < -0.4 is 14.8 Å². The van der Waals surface area contributed by atoms with Crippen molar-refractivity contribution in [1.29, 1.82) is 0 Å². The van der Waals surface area contributed by atoms with E-state index in [9.17, 15) is 4.79 Å². The van der Waals surface area contributed by atoms with E-state index in [1.54, 1.807) is 12.1 Å². The molecular weight excluding hydrogens is 400 g/mol. The van der Waals surface area contributed by atoms with Crippen molar-refractivity contribution in [3.05, 3.63) is 58.6 Å². The molecule has 5 nitrogen and oxygen atoms in total. The molecule has 0 unspecified atom stereocenters. The summed E-state index contributed by atoms with van der Waals surface area (Å²) in [5.41, 5.74) is 1.86. The van der Waals surface area contributed by atoms with Gasteiger partial charge in [-0.15, -0.1) is 0 Å². The van der Waals surface area contributed by atoms with Gasteiger partial charge >= 0.3 is 0 Å². The molecule has 0 radical (unpaired) electrons. The lowest BCUT2D eigenvalue weighted by Gasteiger charge is -2.32. The zero-order valence-corrected chi connectivity index (χ0v) is 18.6. The number of hydrogen-bond acceptors (Lipinski definition) is 4. The van der Waals surface area contributed by atoms with Gasteiger partial charge in [-0.1, -0.05) is 30.7 Å². The molecule has 1 aliphatic rings. The number of ether oxygens (including phenoxy) is 2. The molecule has 1 N–H and O–H groups in total. The Balaban J connectivity index is 1.52. The van der Waals surface area contributed by atoms with Crippen LogP contribution in [0.15, 0.2) is 42.5 Å². The Morgan fingerprint density at radius 3 is 2.47 bits per heavy atom. The quantitative estimate of drug-likeness (QED) is 0.613. The van der Waals surface area contributed by atoms with Crippen LogP contribution in [0.4, 0.5) is 0 Å². The van der Waals surface area contributed by atoms with E-state index in [2.05, 4.69) is 29.3 Å². The lowest BCUT2D eigenvalue weighted by atomic mass is 10.0. The first-order valence-electron chi connectivity index (χ1n) is 10.8. The second-order valence-electron chi connectivity index (χ2n) is 7.59. The van der Waals surface area contributed by atoms with E-state index in [4.69, 9.17) is 21.1 Å². The number of benzene rings is 2. The molecule has 1 amide bonds. The summed E-state index contributed by atoms with van der Waals surface area (Å²) >= 11 is 5.96. The van der Waals surface area contributed by atoms with Crippen molar-refractivity contribution in [3.8, 4) is 11.5 Å². The van der Waals surface area contributed by atoms with Gasteiger partial charge in [-0.25, -0.2) is 0 Å². The molecule has 0 aliphatic carbocycles. The second kappa shape index (κ2) is 11.2. The Bertz CT molecular complexity index is 818. The molecular formula is C24H31ClN2O3. The molecule has 0 bridgehead atoms. The minimum Gasteiger partial charge on any atom is -0.490 e. The van der Waals surface area contributed by atoms with Crippen LogP contribution in [0.1, 0.15) is 49.0 Å². The van der Waals surface area contributed by atoms with Gasteiger partial charge in [-0.3, -0.25) is 9.69 Å². The van der Waals surface area contributed by atoms with Crippen LogP contribution in [0.25, 0.3) is 0 Å². The van der Waals surface area contributed by atoms with E-state index in [0.29, 0.717) is 30.3 Å². The first-order chi connectivity index (χ1) is 14.6. The van der Waals surface area contributed by atoms with Crippen molar-refractivity contribution in [3.63, 3.8) is 0 Å². The molecule has 1 fully saturated rings. The molecule has 0 spiro atoms. The summed E-state index contributed by atoms with van der Waals surface area (Å²) in [6.07, 6.45) is 2.80. The standard InChI is InChI=1S/C24H31ClN2O3/c1-3-15-30-22-10-7-19(16-23(22)29-4-2)24(28)26-21-11-13-27(14-12-21)17-18-5-8-20(25)9-6-18/h5-10,16,21H,3-4,11-15,17H2,1-2H3,(H,26,28). The lowest BCUT2D eigenvalue weighted by molar-refractivity contribution is 0.0908. The molecule has 162 valence electrons. The van der Waals surface area contributed by atoms with Gasteiger partial charge in [0.15, 0.2) is 11.5 Å². The number of hydrogen-bond donors (Lipinski definition) is 1. The summed E-state index contributed by atoms with van der Waals surface area (Å²) in [5, 5.41) is 3.94. The van der Waals surface area contributed by atoms with Crippen LogP contribution in [0, 0.1) is 0 Å². The molecule has 0 saturated carbocycles. The monoisotopic (exact) mass is 430 g/mol. The smallest absolute Gasteiger partial charge is 0.251 e. The van der Waals surface area contributed by atoms with Crippen LogP contribution in [0.3, 0.4) is 0 Å². The predicted molar refractivity (Wildman–Crippen MR) is 121 cm³/mol. The molecule has 0 aromatic heterocycles. The van der Waals surface area contributed by atoms with Gasteiger partial charge in [0.1, 0.15) is 0 Å². The summed E-state index contributed by atoms with van der Waals surface area (Å²) in [4.78, 5) is 15.2. The zero-order chi connectivity index (χ0) is 21.3. The van der Waals surface area contributed by atoms with E-state index < -0.39 is 0 Å². The highest BCUT2D eigenvalue weighted by atomic mass is 35.5. The maximum absolute atomic E-state index is 12.8. The van der Waals surface area contributed by atoms with Crippen molar-refractivity contribution in [2.75, 3.05) is 26.3 Å². The van der Waals surface area contributed by atoms with Crippen LogP contribution in [-0.2, 0) is 6.54 Å². The van der Waals surface area contributed by atoms with Crippen LogP contribution >= 0.6 is 11.6 Å². The number of carbonyl (C=O) groups is 1. The number of nitrogens with one attached hydrogen (secondary N) is 1. The number of halogens is 1. The van der Waals surface area contributed by atoms with E-state index in [-0.39, 0.29) is 11.9 Å². The molecule has 3 rings (SSSR count). The van der Waals surface area contributed by atoms with Gasteiger partial charge in [0, 0.05) is 36.3 Å². The van der Waals surface area contributed by atoms with E-state index in [1.807, 2.05) is 25.1 Å². The zero-order valence-electron chi connectivity index (χ0n) is 17.8. The Kier molecular flexibility index (Phi) is 8.40. The summed E-state index contributed by atoms with van der Waals surface area (Å²) < 4.78 is 11.4. The van der Waals surface area contributed by atoms with Gasteiger partial charge in [0.25, 0.3) is 5.91 Å². The molecule has 1 saturated heterocycles. The topological polar surface area (TPSA) is 50.8 Å². The Labute approximate surface area is 184 Å². The molecule has 6 heteroatoms. The fraction of sp³-hybridized carbons (Fsp3) is 0.458. The van der Waals surface area contributed by atoms with Crippen molar-refractivity contribution >= 4 is 17.5 Å². The van der Waals surface area contributed by atoms with Gasteiger partial charge in [-0.05, 0) is 62.1 Å². The Hall–Kier alpha value is -2.24. The number of amides is 1. The van der Waals surface area contributed by atoms with Crippen LogP contribution in [0.5, 0.6) is 11.5 Å². The van der Waals surface area contributed by atoms with Gasteiger partial charge in [0.2, 0.25) is 0 Å². The van der Waals surface area contributed by atoms with Crippen molar-refractivity contribution in [2.45, 2.75) is 45.7 Å². The highest BCUT2D eigenvalue weighted by molar-refractivity contribution is 6.30. The van der Waals surface area contributed by atoms with Crippen molar-refractivity contribution in [1.82, 2.24) is 10.2 Å². The molecule has 2 aromatic rings. The molecule has 0 atom stereocenters. The van der Waals surface area contributed by atoms with E-state index in [0.717, 1.165) is 43.9 Å². The minimum absolute atomic E-state index is 0.0610. The summed E-state index contributed by atoms with van der Waals surface area (Å²) in [6, 6.07) is 13.6. The number of likely N-dealkylation sites (tertiary alicyclic amines) is 1. The van der Waals surface area contributed by atoms with Crippen molar-refractivity contribution in [2.24, 2.45) is 0 Å². The summed E-state index contributed by atoms with van der Waals surface area (Å²) in [5.74, 6) is 1.25. The van der Waals surface area contributed by atoms with Gasteiger partial charge < -0.3 is 14.8 Å². The van der Waals surface area contributed by atoms with Crippen LogP contribution in [-0.4, -0.2) is 43.2 Å². The largest absolute Gasteiger partial charge is 0.490 e.